The first-order valence-corrected chi connectivity index (χ1v) is 7.61. The van der Waals surface area contributed by atoms with Crippen molar-refractivity contribution in [3.05, 3.63) is 22.5 Å². The predicted molar refractivity (Wildman–Crippen MR) is 60.4 cm³/mol. The molecule has 0 amide bonds. The van der Waals surface area contributed by atoms with Crippen LogP contribution >= 0.6 is 7.92 Å². The Bertz CT molecular complexity index is 172. The van der Waals surface area contributed by atoms with Crippen molar-refractivity contribution in [2.24, 2.45) is 0 Å². The Balaban J connectivity index is -0.000000170. The van der Waals surface area contributed by atoms with E-state index in [0.29, 0.717) is 7.92 Å². The first-order chi connectivity index (χ1) is 6.24. The summed E-state index contributed by atoms with van der Waals surface area (Å²) in [4.78, 5) is 0. The minimum atomic E-state index is 0. The summed E-state index contributed by atoms with van der Waals surface area (Å²) in [6.07, 6.45) is 11.7. The predicted octanol–water partition coefficient (Wildman–Crippen LogP) is -2.09. The van der Waals surface area contributed by atoms with E-state index in [0.717, 1.165) is 6.42 Å². The molecule has 1 aliphatic carbocycles. The van der Waals surface area contributed by atoms with Crippen molar-refractivity contribution in [1.82, 2.24) is 0 Å². The van der Waals surface area contributed by atoms with E-state index in [9.17, 15) is 0 Å². The Morgan fingerprint density at radius 3 is 1.67 bits per heavy atom. The third-order valence-corrected chi connectivity index (χ3v) is 5.29. The molecule has 0 aromatic heterocycles. The molecule has 4 heteroatoms. The van der Waals surface area contributed by atoms with Gasteiger partial charge >= 0.3 is 46.4 Å². The summed E-state index contributed by atoms with van der Waals surface area (Å²) >= 11 is 2.54. The topological polar surface area (TPSA) is 0 Å². The van der Waals surface area contributed by atoms with Gasteiger partial charge in [-0.25, -0.2) is 0 Å². The molecule has 0 fully saturated rings. The molecule has 0 radical (unpaired) electrons. The molecule has 1 rings (SSSR count). The fourth-order valence-corrected chi connectivity index (χ4v) is 2.75. The molecule has 0 bridgehead atoms. The molecule has 0 aliphatic heterocycles. The molecular weight excluding hydrogens is 285 g/mol. The van der Waals surface area contributed by atoms with Gasteiger partial charge in [-0.15, -0.1) is 7.92 Å². The van der Waals surface area contributed by atoms with Crippen molar-refractivity contribution in [3.63, 3.8) is 0 Å². The number of hydrogen-bond donors (Lipinski definition) is 0. The second-order valence-corrected chi connectivity index (χ2v) is 7.05. The van der Waals surface area contributed by atoms with E-state index in [1.807, 2.05) is 0 Å². The molecular formula is C11H20Cl2PV. The van der Waals surface area contributed by atoms with Crippen molar-refractivity contribution in [2.45, 2.75) is 27.2 Å². The van der Waals surface area contributed by atoms with Gasteiger partial charge in [0.05, 0.1) is 0 Å². The zero-order valence-corrected chi connectivity index (χ0v) is 13.5. The van der Waals surface area contributed by atoms with Crippen LogP contribution in [0.25, 0.3) is 0 Å². The monoisotopic (exact) mass is 304 g/mol. The molecule has 15 heavy (non-hydrogen) atoms. The van der Waals surface area contributed by atoms with Crippen LogP contribution in [-0.4, -0.2) is 18.5 Å². The SMILES string of the molecule is CCP(CC)CC.[Cl-].[Cl-].[V+2][C]1=CC=CC1. The molecule has 0 atom stereocenters. The third kappa shape index (κ3) is 13.0. The molecule has 0 nitrogen and oxygen atoms in total. The van der Waals surface area contributed by atoms with E-state index < -0.39 is 0 Å². The molecule has 0 spiro atoms. The maximum atomic E-state index is 2.54. The Morgan fingerprint density at radius 2 is 1.60 bits per heavy atom. The molecule has 1 aliphatic rings. The number of hydrogen-bond acceptors (Lipinski definition) is 0. The second kappa shape index (κ2) is 15.1. The van der Waals surface area contributed by atoms with Crippen molar-refractivity contribution >= 4 is 7.92 Å². The fourth-order valence-electron chi connectivity index (χ4n) is 1.11. The number of halogens is 2. The van der Waals surface area contributed by atoms with Crippen LogP contribution in [0.15, 0.2) is 22.5 Å². The van der Waals surface area contributed by atoms with Crippen LogP contribution in [0.5, 0.6) is 0 Å². The Hall–Kier alpha value is 1.07. The zero-order chi connectivity index (χ0) is 10.1. The van der Waals surface area contributed by atoms with Crippen LogP contribution in [0, 0.1) is 0 Å². The first-order valence-electron chi connectivity index (χ1n) is 5.01. The van der Waals surface area contributed by atoms with E-state index in [-0.39, 0.29) is 24.8 Å². The van der Waals surface area contributed by atoms with E-state index in [1.165, 1.54) is 22.8 Å². The summed E-state index contributed by atoms with van der Waals surface area (Å²) in [5.74, 6) is 0. The van der Waals surface area contributed by atoms with Gasteiger partial charge in [-0.2, -0.15) is 0 Å². The van der Waals surface area contributed by atoms with Gasteiger partial charge in [-0.3, -0.25) is 0 Å². The van der Waals surface area contributed by atoms with Crippen molar-refractivity contribution in [2.75, 3.05) is 18.5 Å². The molecule has 0 aromatic carbocycles. The number of rotatable bonds is 3. The van der Waals surface area contributed by atoms with Crippen LogP contribution in [-0.2, 0) is 17.4 Å². The maximum absolute atomic E-state index is 2.54. The van der Waals surface area contributed by atoms with Crippen LogP contribution < -0.4 is 24.8 Å². The van der Waals surface area contributed by atoms with Gasteiger partial charge in [0, 0.05) is 0 Å². The molecule has 0 aromatic rings. The van der Waals surface area contributed by atoms with Gasteiger partial charge in [0.25, 0.3) is 0 Å². The van der Waals surface area contributed by atoms with Gasteiger partial charge in [0.1, 0.15) is 0 Å². The van der Waals surface area contributed by atoms with Crippen LogP contribution in [0.3, 0.4) is 0 Å². The van der Waals surface area contributed by atoms with Crippen molar-refractivity contribution in [3.8, 4) is 0 Å². The minimum absolute atomic E-state index is 0. The first kappa shape index (κ1) is 21.4. The van der Waals surface area contributed by atoms with Crippen molar-refractivity contribution in [1.29, 1.82) is 0 Å². The molecule has 0 N–H and O–H groups in total. The summed E-state index contributed by atoms with van der Waals surface area (Å²) in [7, 11) is 0.446. The van der Waals surface area contributed by atoms with Gasteiger partial charge in [-0.1, -0.05) is 20.8 Å². The third-order valence-electron chi connectivity index (χ3n) is 2.09. The van der Waals surface area contributed by atoms with Gasteiger partial charge in [0.2, 0.25) is 0 Å². The summed E-state index contributed by atoms with van der Waals surface area (Å²) in [6.45, 7) is 6.87. The standard InChI is InChI=1S/C6H15P.C5H5.2ClH.V/c1-4-7(5-2)6-3;1-2-4-5-3-1;;;/h4-6H2,1-3H3;1-3H,4H2;2*1H;/q;;;;+2/p-2. The van der Waals surface area contributed by atoms with Gasteiger partial charge in [0.15, 0.2) is 0 Å². The quantitative estimate of drug-likeness (QED) is 0.525. The Morgan fingerprint density at radius 1 is 1.13 bits per heavy atom. The number of allylic oxidation sites excluding steroid dienone is 4. The van der Waals surface area contributed by atoms with Crippen molar-refractivity contribution < 1.29 is 42.2 Å². The second-order valence-electron chi connectivity index (χ2n) is 2.91. The summed E-state index contributed by atoms with van der Waals surface area (Å²) in [5.41, 5.74) is 0. The average molecular weight is 305 g/mol. The van der Waals surface area contributed by atoms with Crippen LogP contribution in [0.2, 0.25) is 0 Å². The molecule has 0 heterocycles. The van der Waals surface area contributed by atoms with Crippen LogP contribution in [0.4, 0.5) is 0 Å². The summed E-state index contributed by atoms with van der Waals surface area (Å²) in [6, 6.07) is 0. The fraction of sp³-hybridized carbons (Fsp3) is 0.636. The van der Waals surface area contributed by atoms with Gasteiger partial charge < -0.3 is 24.8 Å². The Labute approximate surface area is 118 Å². The van der Waals surface area contributed by atoms with E-state index >= 15 is 0 Å². The normalized spacial score (nSPS) is 12.1. The average Bonchev–Trinajstić information content (AvgIpc) is 2.60. The van der Waals surface area contributed by atoms with E-state index in [4.69, 9.17) is 0 Å². The molecule has 0 saturated carbocycles. The molecule has 0 unspecified atom stereocenters. The molecule has 0 saturated heterocycles. The summed E-state index contributed by atoms with van der Waals surface area (Å²) in [5, 5.41) is 0. The van der Waals surface area contributed by atoms with Crippen LogP contribution in [0.1, 0.15) is 27.2 Å². The summed E-state index contributed by atoms with van der Waals surface area (Å²) < 4.78 is 1.41. The molecule has 88 valence electrons. The van der Waals surface area contributed by atoms with E-state index in [1.54, 1.807) is 0 Å². The van der Waals surface area contributed by atoms with Gasteiger partial charge in [-0.05, 0) is 18.5 Å². The van der Waals surface area contributed by atoms with E-state index in [2.05, 4.69) is 56.4 Å². The zero-order valence-electron chi connectivity index (χ0n) is 9.71. The Kier molecular flexibility index (Phi) is 21.5.